The molecule has 78 valence electrons. The third-order valence-electron chi connectivity index (χ3n) is 3.71. The molecule has 1 aliphatic rings. The number of nitrogens with zero attached hydrogens (tertiary/aromatic N) is 1. The van der Waals surface area contributed by atoms with Gasteiger partial charge in [0.2, 0.25) is 0 Å². The first-order chi connectivity index (χ1) is 6.29. The molecular formula is C11H24N2. The molecule has 2 nitrogen and oxygen atoms in total. The van der Waals surface area contributed by atoms with Gasteiger partial charge < -0.3 is 5.73 Å². The molecule has 0 amide bonds. The number of rotatable bonds is 4. The summed E-state index contributed by atoms with van der Waals surface area (Å²) in [6.45, 7) is 7.79. The summed E-state index contributed by atoms with van der Waals surface area (Å²) in [5.74, 6) is 0. The lowest BCUT2D eigenvalue weighted by atomic mass is 9.82. The summed E-state index contributed by atoms with van der Waals surface area (Å²) in [5, 5.41) is 0. The molecule has 13 heavy (non-hydrogen) atoms. The summed E-state index contributed by atoms with van der Waals surface area (Å²) < 4.78 is 0. The zero-order chi connectivity index (χ0) is 9.73. The normalized spacial score (nSPS) is 23.3. The van der Waals surface area contributed by atoms with Crippen LogP contribution in [0.5, 0.6) is 0 Å². The van der Waals surface area contributed by atoms with Crippen molar-refractivity contribution >= 4 is 0 Å². The maximum Gasteiger partial charge on any atom is 0.0204 e. The molecule has 0 aromatic heterocycles. The van der Waals surface area contributed by atoms with Gasteiger partial charge in [-0.05, 0) is 32.2 Å². The Labute approximate surface area is 82.5 Å². The van der Waals surface area contributed by atoms with Gasteiger partial charge in [-0.1, -0.05) is 20.3 Å². The second kappa shape index (κ2) is 4.97. The Bertz CT molecular complexity index is 139. The average molecular weight is 184 g/mol. The molecule has 1 rings (SSSR count). The van der Waals surface area contributed by atoms with E-state index in [-0.39, 0.29) is 0 Å². The number of piperidine rings is 1. The minimum absolute atomic E-state index is 0.484. The molecular weight excluding hydrogens is 160 g/mol. The van der Waals surface area contributed by atoms with Crippen molar-refractivity contribution in [2.24, 2.45) is 5.73 Å². The first-order valence-corrected chi connectivity index (χ1v) is 5.74. The van der Waals surface area contributed by atoms with Gasteiger partial charge in [-0.15, -0.1) is 0 Å². The maximum atomic E-state index is 5.65. The van der Waals surface area contributed by atoms with Gasteiger partial charge in [0.1, 0.15) is 0 Å². The van der Waals surface area contributed by atoms with Gasteiger partial charge in [-0.3, -0.25) is 4.90 Å². The summed E-state index contributed by atoms with van der Waals surface area (Å²) in [5.41, 5.74) is 6.13. The van der Waals surface area contributed by atoms with Gasteiger partial charge in [-0.2, -0.15) is 0 Å². The predicted octanol–water partition coefficient (Wildman–Crippen LogP) is 1.99. The van der Waals surface area contributed by atoms with Crippen LogP contribution in [-0.4, -0.2) is 30.1 Å². The molecule has 0 spiro atoms. The Morgan fingerprint density at radius 2 is 1.92 bits per heavy atom. The molecule has 0 atom stereocenters. The fraction of sp³-hybridized carbons (Fsp3) is 1.00. The minimum atomic E-state index is 0.484. The van der Waals surface area contributed by atoms with E-state index in [4.69, 9.17) is 5.73 Å². The van der Waals surface area contributed by atoms with Crippen LogP contribution < -0.4 is 5.73 Å². The number of hydrogen-bond donors (Lipinski definition) is 1. The lowest BCUT2D eigenvalue weighted by Crippen LogP contribution is -2.52. The Kier molecular flexibility index (Phi) is 4.20. The van der Waals surface area contributed by atoms with E-state index in [9.17, 15) is 0 Å². The molecule has 2 N–H and O–H groups in total. The lowest BCUT2D eigenvalue weighted by molar-refractivity contribution is 0.0418. The highest BCUT2D eigenvalue weighted by Gasteiger charge is 2.34. The van der Waals surface area contributed by atoms with Crippen LogP contribution >= 0.6 is 0 Å². The largest absolute Gasteiger partial charge is 0.329 e. The smallest absolute Gasteiger partial charge is 0.0204 e. The molecule has 1 fully saturated rings. The van der Waals surface area contributed by atoms with Gasteiger partial charge in [0, 0.05) is 18.6 Å². The first-order valence-electron chi connectivity index (χ1n) is 5.74. The van der Waals surface area contributed by atoms with Crippen LogP contribution in [0.1, 0.15) is 46.0 Å². The van der Waals surface area contributed by atoms with Gasteiger partial charge in [0.05, 0.1) is 0 Å². The van der Waals surface area contributed by atoms with Crippen LogP contribution in [0.4, 0.5) is 0 Å². The molecule has 0 aromatic carbocycles. The van der Waals surface area contributed by atoms with Crippen molar-refractivity contribution in [1.29, 1.82) is 0 Å². The van der Waals surface area contributed by atoms with Gasteiger partial charge in [-0.25, -0.2) is 0 Å². The van der Waals surface area contributed by atoms with Crippen molar-refractivity contribution in [2.75, 3.05) is 19.6 Å². The number of likely N-dealkylation sites (tertiary alicyclic amines) is 1. The van der Waals surface area contributed by atoms with Gasteiger partial charge >= 0.3 is 0 Å². The van der Waals surface area contributed by atoms with E-state index in [2.05, 4.69) is 18.7 Å². The molecule has 1 aliphatic heterocycles. The van der Waals surface area contributed by atoms with Crippen LogP contribution in [0.15, 0.2) is 0 Å². The highest BCUT2D eigenvalue weighted by atomic mass is 15.2. The average Bonchev–Trinajstić information content (AvgIpc) is 2.20. The Hall–Kier alpha value is -0.0800. The van der Waals surface area contributed by atoms with Crippen molar-refractivity contribution in [3.8, 4) is 0 Å². The van der Waals surface area contributed by atoms with Crippen LogP contribution in [0, 0.1) is 0 Å². The topological polar surface area (TPSA) is 29.3 Å². The molecule has 0 bridgehead atoms. The third kappa shape index (κ3) is 2.23. The molecule has 0 unspecified atom stereocenters. The van der Waals surface area contributed by atoms with E-state index in [1.807, 2.05) is 0 Å². The van der Waals surface area contributed by atoms with Crippen molar-refractivity contribution < 1.29 is 0 Å². The summed E-state index contributed by atoms with van der Waals surface area (Å²) in [7, 11) is 0. The fourth-order valence-electron chi connectivity index (χ4n) is 2.71. The number of nitrogens with two attached hydrogens (primary N) is 1. The van der Waals surface area contributed by atoms with E-state index in [0.717, 1.165) is 13.1 Å². The lowest BCUT2D eigenvalue weighted by Gasteiger charge is -2.46. The van der Waals surface area contributed by atoms with Gasteiger partial charge in [0.15, 0.2) is 0 Å². The molecule has 0 saturated carbocycles. The first kappa shape index (κ1) is 11.0. The van der Waals surface area contributed by atoms with E-state index < -0.39 is 0 Å². The summed E-state index contributed by atoms with van der Waals surface area (Å²) in [4.78, 5) is 2.62. The van der Waals surface area contributed by atoms with E-state index >= 15 is 0 Å². The van der Waals surface area contributed by atoms with Crippen molar-refractivity contribution in [2.45, 2.75) is 51.5 Å². The van der Waals surface area contributed by atoms with Crippen LogP contribution in [-0.2, 0) is 0 Å². The van der Waals surface area contributed by atoms with Crippen LogP contribution in [0.3, 0.4) is 0 Å². The summed E-state index contributed by atoms with van der Waals surface area (Å²) >= 11 is 0. The Morgan fingerprint density at radius 1 is 1.23 bits per heavy atom. The highest BCUT2D eigenvalue weighted by molar-refractivity contribution is 4.91. The maximum absolute atomic E-state index is 5.65. The highest BCUT2D eigenvalue weighted by Crippen LogP contribution is 2.33. The van der Waals surface area contributed by atoms with Crippen LogP contribution in [0.2, 0.25) is 0 Å². The van der Waals surface area contributed by atoms with Crippen molar-refractivity contribution in [1.82, 2.24) is 4.90 Å². The zero-order valence-corrected chi connectivity index (χ0v) is 9.18. The van der Waals surface area contributed by atoms with Crippen LogP contribution in [0.25, 0.3) is 0 Å². The minimum Gasteiger partial charge on any atom is -0.329 e. The quantitative estimate of drug-likeness (QED) is 0.724. The van der Waals surface area contributed by atoms with E-state index in [1.54, 1.807) is 0 Å². The SMILES string of the molecule is CCC1(CC)CCCCN1CCN. The second-order valence-electron chi connectivity index (χ2n) is 4.16. The third-order valence-corrected chi connectivity index (χ3v) is 3.71. The Balaban J connectivity index is 2.63. The molecule has 0 aliphatic carbocycles. The van der Waals surface area contributed by atoms with E-state index in [1.165, 1.54) is 38.6 Å². The van der Waals surface area contributed by atoms with Crippen molar-refractivity contribution in [3.63, 3.8) is 0 Å². The van der Waals surface area contributed by atoms with Gasteiger partial charge in [0.25, 0.3) is 0 Å². The molecule has 2 heteroatoms. The monoisotopic (exact) mass is 184 g/mol. The summed E-state index contributed by atoms with van der Waals surface area (Å²) in [6, 6.07) is 0. The van der Waals surface area contributed by atoms with Crippen molar-refractivity contribution in [3.05, 3.63) is 0 Å². The zero-order valence-electron chi connectivity index (χ0n) is 9.18. The molecule has 1 heterocycles. The standard InChI is InChI=1S/C11H24N2/c1-3-11(4-2)7-5-6-9-13(11)10-8-12/h3-10,12H2,1-2H3. The van der Waals surface area contributed by atoms with E-state index in [0.29, 0.717) is 5.54 Å². The second-order valence-corrected chi connectivity index (χ2v) is 4.16. The summed E-state index contributed by atoms with van der Waals surface area (Å²) in [6.07, 6.45) is 6.71. The molecule has 0 radical (unpaired) electrons. The predicted molar refractivity (Wildman–Crippen MR) is 57.8 cm³/mol. The Morgan fingerprint density at radius 3 is 2.46 bits per heavy atom. The molecule has 0 aromatic rings. The number of hydrogen-bond acceptors (Lipinski definition) is 2. The molecule has 1 saturated heterocycles. The fourth-order valence-corrected chi connectivity index (χ4v) is 2.71.